The third kappa shape index (κ3) is 2.98. The lowest BCUT2D eigenvalue weighted by molar-refractivity contribution is 0.0940. The summed E-state index contributed by atoms with van der Waals surface area (Å²) in [6.07, 6.45) is 8.45. The second kappa shape index (κ2) is 6.06. The molecule has 4 rings (SSSR count). The number of rotatable bonds is 5. The van der Waals surface area contributed by atoms with Crippen LogP contribution in [0.2, 0.25) is 0 Å². The smallest absolute Gasteiger partial charge is 0.0809 e. The Morgan fingerprint density at radius 3 is 3.32 bits per heavy atom. The average molecular weight is 314 g/mol. The van der Waals surface area contributed by atoms with Gasteiger partial charge in [0.1, 0.15) is 0 Å². The third-order valence-electron chi connectivity index (χ3n) is 3.90. The highest BCUT2D eigenvalue weighted by atomic mass is 32.1. The first kappa shape index (κ1) is 13.7. The number of ether oxygens (including phenoxy) is 1. The normalized spacial score (nSPS) is 18.1. The predicted molar refractivity (Wildman–Crippen MR) is 88.1 cm³/mol. The molecule has 1 atom stereocenters. The molecule has 0 radical (unpaired) electrons. The van der Waals surface area contributed by atoms with Gasteiger partial charge in [-0.2, -0.15) is 5.10 Å². The number of pyridine rings is 1. The second-order valence-electron chi connectivity index (χ2n) is 5.59. The van der Waals surface area contributed by atoms with Crippen LogP contribution < -0.4 is 5.32 Å². The van der Waals surface area contributed by atoms with Gasteiger partial charge in [0.05, 0.1) is 34.7 Å². The molecule has 3 aromatic heterocycles. The van der Waals surface area contributed by atoms with Crippen LogP contribution in [0.3, 0.4) is 0 Å². The van der Waals surface area contributed by atoms with Crippen LogP contribution in [0.15, 0.2) is 36.1 Å². The molecular formula is C16H18N4OS. The van der Waals surface area contributed by atoms with Gasteiger partial charge in [0, 0.05) is 25.5 Å². The summed E-state index contributed by atoms with van der Waals surface area (Å²) >= 11 is 1.72. The molecule has 4 heterocycles. The van der Waals surface area contributed by atoms with Crippen LogP contribution in [0.4, 0.5) is 5.69 Å². The number of anilines is 1. The Balaban J connectivity index is 1.37. The Hall–Kier alpha value is -1.92. The SMILES string of the molecule is c1cc2ncc(CNc3cnn(CC4CCCO4)c3)cc2s1. The molecule has 5 nitrogen and oxygen atoms in total. The molecule has 1 N–H and O–H groups in total. The molecule has 1 saturated heterocycles. The number of fused-ring (bicyclic) bond motifs is 1. The van der Waals surface area contributed by atoms with Crippen molar-refractivity contribution in [2.45, 2.75) is 32.0 Å². The van der Waals surface area contributed by atoms with E-state index in [-0.39, 0.29) is 0 Å². The highest BCUT2D eigenvalue weighted by Gasteiger charge is 2.16. The first-order valence-corrected chi connectivity index (χ1v) is 8.45. The molecule has 0 aliphatic carbocycles. The molecule has 3 aromatic rings. The first-order chi connectivity index (χ1) is 10.9. The Kier molecular flexibility index (Phi) is 3.78. The van der Waals surface area contributed by atoms with Gasteiger partial charge in [-0.05, 0) is 35.9 Å². The molecule has 1 aliphatic rings. The van der Waals surface area contributed by atoms with E-state index in [1.165, 1.54) is 10.3 Å². The Labute approximate surface area is 132 Å². The van der Waals surface area contributed by atoms with Crippen molar-refractivity contribution in [1.82, 2.24) is 14.8 Å². The summed E-state index contributed by atoms with van der Waals surface area (Å²) in [5, 5.41) is 9.87. The maximum Gasteiger partial charge on any atom is 0.0809 e. The largest absolute Gasteiger partial charge is 0.378 e. The highest BCUT2D eigenvalue weighted by Crippen LogP contribution is 2.20. The minimum atomic E-state index is 0.318. The zero-order valence-electron chi connectivity index (χ0n) is 12.2. The quantitative estimate of drug-likeness (QED) is 0.785. The van der Waals surface area contributed by atoms with Crippen molar-refractivity contribution in [2.75, 3.05) is 11.9 Å². The van der Waals surface area contributed by atoms with Crippen LogP contribution >= 0.6 is 11.3 Å². The topological polar surface area (TPSA) is 52.0 Å². The van der Waals surface area contributed by atoms with E-state index in [0.29, 0.717) is 6.10 Å². The Morgan fingerprint density at radius 1 is 1.41 bits per heavy atom. The van der Waals surface area contributed by atoms with Crippen LogP contribution in [0.25, 0.3) is 10.2 Å². The summed E-state index contributed by atoms with van der Waals surface area (Å²) in [4.78, 5) is 4.46. The van der Waals surface area contributed by atoms with Gasteiger partial charge in [0.2, 0.25) is 0 Å². The van der Waals surface area contributed by atoms with Crippen LogP contribution in [-0.4, -0.2) is 27.5 Å². The maximum absolute atomic E-state index is 5.64. The maximum atomic E-state index is 5.64. The first-order valence-electron chi connectivity index (χ1n) is 7.57. The fourth-order valence-electron chi connectivity index (χ4n) is 2.74. The molecule has 6 heteroatoms. The highest BCUT2D eigenvalue weighted by molar-refractivity contribution is 7.17. The predicted octanol–water partition coefficient (Wildman–Crippen LogP) is 3.28. The molecule has 0 amide bonds. The lowest BCUT2D eigenvalue weighted by Crippen LogP contribution is -2.15. The Bertz CT molecular complexity index is 760. The van der Waals surface area contributed by atoms with Crippen molar-refractivity contribution in [3.8, 4) is 0 Å². The van der Waals surface area contributed by atoms with Gasteiger partial charge in [-0.1, -0.05) is 0 Å². The van der Waals surface area contributed by atoms with E-state index >= 15 is 0 Å². The van der Waals surface area contributed by atoms with Crippen LogP contribution in [-0.2, 0) is 17.8 Å². The fourth-order valence-corrected chi connectivity index (χ4v) is 3.54. The molecule has 1 fully saturated rings. The van der Waals surface area contributed by atoms with E-state index in [9.17, 15) is 0 Å². The van der Waals surface area contributed by atoms with E-state index in [2.05, 4.69) is 26.8 Å². The van der Waals surface area contributed by atoms with Gasteiger partial charge in [0.15, 0.2) is 0 Å². The van der Waals surface area contributed by atoms with Crippen molar-refractivity contribution in [1.29, 1.82) is 0 Å². The summed E-state index contributed by atoms with van der Waals surface area (Å²) in [5.74, 6) is 0. The van der Waals surface area contributed by atoms with Crippen LogP contribution in [0, 0.1) is 0 Å². The van der Waals surface area contributed by atoms with E-state index in [0.717, 1.165) is 43.7 Å². The third-order valence-corrected chi connectivity index (χ3v) is 4.76. The van der Waals surface area contributed by atoms with Gasteiger partial charge >= 0.3 is 0 Å². The summed E-state index contributed by atoms with van der Waals surface area (Å²) in [7, 11) is 0. The van der Waals surface area contributed by atoms with E-state index in [1.807, 2.05) is 29.3 Å². The summed E-state index contributed by atoms with van der Waals surface area (Å²) in [6.45, 7) is 2.48. The van der Waals surface area contributed by atoms with Gasteiger partial charge in [-0.15, -0.1) is 11.3 Å². The molecule has 0 spiro atoms. The van der Waals surface area contributed by atoms with Gasteiger partial charge in [-0.25, -0.2) is 0 Å². The van der Waals surface area contributed by atoms with Crippen molar-refractivity contribution in [3.63, 3.8) is 0 Å². The lowest BCUT2D eigenvalue weighted by atomic mass is 10.2. The molecule has 1 aliphatic heterocycles. The summed E-state index contributed by atoms with van der Waals surface area (Å²) in [6, 6.07) is 4.24. The summed E-state index contributed by atoms with van der Waals surface area (Å²) in [5.41, 5.74) is 3.28. The standard InChI is InChI=1S/C16H18N4OS/c1-2-14(21-4-1)11-20-10-13(9-19-20)17-7-12-6-16-15(18-8-12)3-5-22-16/h3,5-6,8-10,14,17H,1-2,4,7,11H2. The molecule has 22 heavy (non-hydrogen) atoms. The molecule has 0 saturated carbocycles. The minimum absolute atomic E-state index is 0.318. The number of nitrogens with one attached hydrogen (secondary N) is 1. The van der Waals surface area contributed by atoms with Crippen molar-refractivity contribution in [2.24, 2.45) is 0 Å². The number of nitrogens with zero attached hydrogens (tertiary/aromatic N) is 3. The lowest BCUT2D eigenvalue weighted by Gasteiger charge is -2.08. The molecular weight excluding hydrogens is 296 g/mol. The van der Waals surface area contributed by atoms with Crippen molar-refractivity contribution >= 4 is 27.2 Å². The van der Waals surface area contributed by atoms with Crippen molar-refractivity contribution < 1.29 is 4.74 Å². The van der Waals surface area contributed by atoms with Crippen LogP contribution in [0.5, 0.6) is 0 Å². The molecule has 114 valence electrons. The minimum Gasteiger partial charge on any atom is -0.378 e. The van der Waals surface area contributed by atoms with E-state index < -0.39 is 0 Å². The Morgan fingerprint density at radius 2 is 2.41 bits per heavy atom. The van der Waals surface area contributed by atoms with Crippen LogP contribution in [0.1, 0.15) is 18.4 Å². The van der Waals surface area contributed by atoms with Gasteiger partial charge < -0.3 is 10.1 Å². The summed E-state index contributed by atoms with van der Waals surface area (Å²) < 4.78 is 8.83. The molecule has 0 bridgehead atoms. The molecule has 1 unspecified atom stereocenters. The monoisotopic (exact) mass is 314 g/mol. The number of aromatic nitrogens is 3. The second-order valence-corrected chi connectivity index (χ2v) is 6.53. The zero-order chi connectivity index (χ0) is 14.8. The molecule has 0 aromatic carbocycles. The van der Waals surface area contributed by atoms with E-state index in [1.54, 1.807) is 11.3 Å². The fraction of sp³-hybridized carbons (Fsp3) is 0.375. The zero-order valence-corrected chi connectivity index (χ0v) is 13.1. The van der Waals surface area contributed by atoms with Gasteiger partial charge in [-0.3, -0.25) is 9.67 Å². The van der Waals surface area contributed by atoms with Gasteiger partial charge in [0.25, 0.3) is 0 Å². The van der Waals surface area contributed by atoms with Crippen molar-refractivity contribution in [3.05, 3.63) is 41.7 Å². The van der Waals surface area contributed by atoms with E-state index in [4.69, 9.17) is 4.74 Å². The average Bonchev–Trinajstić information content (AvgIpc) is 3.27. The number of hydrogen-bond donors (Lipinski definition) is 1. The number of hydrogen-bond acceptors (Lipinski definition) is 5. The number of thiophene rings is 1.